The summed E-state index contributed by atoms with van der Waals surface area (Å²) in [6, 6.07) is 33.0. The summed E-state index contributed by atoms with van der Waals surface area (Å²) in [7, 11) is 0. The van der Waals surface area contributed by atoms with Crippen molar-refractivity contribution in [3.8, 4) is 33.8 Å². The molecule has 0 saturated carbocycles. The Kier molecular flexibility index (Phi) is 4.49. The van der Waals surface area contributed by atoms with Crippen molar-refractivity contribution in [3.63, 3.8) is 0 Å². The van der Waals surface area contributed by atoms with Crippen LogP contribution in [-0.2, 0) is 0 Å². The van der Waals surface area contributed by atoms with Crippen LogP contribution in [0.5, 0.6) is 0 Å². The monoisotopic (exact) mass is 387 g/mol. The van der Waals surface area contributed by atoms with Gasteiger partial charge in [0.2, 0.25) is 5.78 Å². The first kappa shape index (κ1) is 18.1. The van der Waals surface area contributed by atoms with Crippen molar-refractivity contribution in [3.05, 3.63) is 109 Å². The summed E-state index contributed by atoms with van der Waals surface area (Å²) < 4.78 is 2.13. The van der Waals surface area contributed by atoms with E-state index in [1.807, 2.05) is 49.4 Å². The topological polar surface area (TPSA) is 30.2 Å². The molecule has 0 atom stereocenters. The molecule has 0 aliphatic rings. The van der Waals surface area contributed by atoms with E-state index in [1.54, 1.807) is 0 Å². The molecule has 0 N–H and O–H groups in total. The zero-order valence-corrected chi connectivity index (χ0v) is 16.8. The SMILES string of the molecule is C=C(C)c1c(-c2ccccc2)nc2nc(-c3ccccc3)cc(-c3ccccc3)n12. The molecule has 0 amide bonds. The highest BCUT2D eigenvalue weighted by atomic mass is 15.1. The zero-order valence-electron chi connectivity index (χ0n) is 16.8. The largest absolute Gasteiger partial charge is 0.276 e. The maximum atomic E-state index is 4.97. The lowest BCUT2D eigenvalue weighted by Crippen LogP contribution is -2.00. The Hall–Kier alpha value is -3.98. The molecule has 0 radical (unpaired) electrons. The molecule has 0 unspecified atom stereocenters. The minimum Gasteiger partial charge on any atom is -0.276 e. The molecule has 0 saturated heterocycles. The molecule has 0 bridgehead atoms. The number of fused-ring (bicyclic) bond motifs is 1. The Bertz CT molecular complexity index is 1340. The highest BCUT2D eigenvalue weighted by molar-refractivity contribution is 5.82. The fourth-order valence-corrected chi connectivity index (χ4v) is 3.81. The van der Waals surface area contributed by atoms with Gasteiger partial charge < -0.3 is 0 Å². The van der Waals surface area contributed by atoms with Crippen molar-refractivity contribution in [2.75, 3.05) is 0 Å². The van der Waals surface area contributed by atoms with Gasteiger partial charge in [0.15, 0.2) is 0 Å². The Morgan fingerprint density at radius 3 is 1.80 bits per heavy atom. The van der Waals surface area contributed by atoms with Crippen LogP contribution in [0, 0.1) is 0 Å². The quantitative estimate of drug-likeness (QED) is 0.341. The van der Waals surface area contributed by atoms with E-state index in [1.165, 1.54) is 0 Å². The second kappa shape index (κ2) is 7.45. The normalized spacial score (nSPS) is 11.0. The van der Waals surface area contributed by atoms with Gasteiger partial charge in [0.05, 0.1) is 22.8 Å². The van der Waals surface area contributed by atoms with E-state index in [0.717, 1.165) is 45.0 Å². The second-order valence-corrected chi connectivity index (χ2v) is 7.35. The molecule has 2 aromatic heterocycles. The van der Waals surface area contributed by atoms with E-state index in [2.05, 4.69) is 65.6 Å². The third-order valence-corrected chi connectivity index (χ3v) is 5.19. The molecule has 5 aromatic rings. The molecular formula is C27H21N3. The average Bonchev–Trinajstić information content (AvgIpc) is 3.20. The maximum absolute atomic E-state index is 4.97. The van der Waals surface area contributed by atoms with Crippen LogP contribution in [0.25, 0.3) is 45.1 Å². The van der Waals surface area contributed by atoms with Crippen molar-refractivity contribution in [2.45, 2.75) is 6.92 Å². The standard InChI is InChI=1S/C27H21N3/c1-19(2)26-25(22-16-10-5-11-17-22)29-27-28-23(20-12-6-3-7-13-20)18-24(30(26)27)21-14-8-4-9-15-21/h3-18H,1H2,2H3. The average molecular weight is 387 g/mol. The maximum Gasteiger partial charge on any atom is 0.235 e. The Morgan fingerprint density at radius 2 is 1.23 bits per heavy atom. The molecule has 3 heteroatoms. The number of imidazole rings is 1. The highest BCUT2D eigenvalue weighted by Gasteiger charge is 2.20. The van der Waals surface area contributed by atoms with Crippen molar-refractivity contribution in [1.82, 2.24) is 14.4 Å². The summed E-state index contributed by atoms with van der Waals surface area (Å²) in [6.45, 7) is 6.28. The van der Waals surface area contributed by atoms with E-state index in [0.29, 0.717) is 5.78 Å². The van der Waals surface area contributed by atoms with Gasteiger partial charge in [0, 0.05) is 11.1 Å². The predicted molar refractivity (Wildman–Crippen MR) is 124 cm³/mol. The smallest absolute Gasteiger partial charge is 0.235 e. The fourth-order valence-electron chi connectivity index (χ4n) is 3.81. The van der Waals surface area contributed by atoms with Gasteiger partial charge in [-0.3, -0.25) is 4.40 Å². The van der Waals surface area contributed by atoms with Crippen LogP contribution in [-0.4, -0.2) is 14.4 Å². The van der Waals surface area contributed by atoms with Gasteiger partial charge in [-0.25, -0.2) is 9.97 Å². The number of allylic oxidation sites excluding steroid dienone is 1. The lowest BCUT2D eigenvalue weighted by molar-refractivity contribution is 1.10. The molecule has 3 aromatic carbocycles. The van der Waals surface area contributed by atoms with Crippen molar-refractivity contribution in [1.29, 1.82) is 0 Å². The number of aromatic nitrogens is 3. The third kappa shape index (κ3) is 3.11. The van der Waals surface area contributed by atoms with Crippen molar-refractivity contribution >= 4 is 11.4 Å². The van der Waals surface area contributed by atoms with Crippen LogP contribution in [0.1, 0.15) is 12.6 Å². The highest BCUT2D eigenvalue weighted by Crippen LogP contribution is 2.34. The van der Waals surface area contributed by atoms with Crippen LogP contribution in [0.4, 0.5) is 0 Å². The fraction of sp³-hybridized carbons (Fsp3) is 0.0370. The molecule has 0 fully saturated rings. The first-order valence-electron chi connectivity index (χ1n) is 9.98. The van der Waals surface area contributed by atoms with E-state index in [-0.39, 0.29) is 0 Å². The van der Waals surface area contributed by atoms with E-state index in [9.17, 15) is 0 Å². The van der Waals surface area contributed by atoms with Crippen LogP contribution >= 0.6 is 0 Å². The van der Waals surface area contributed by atoms with E-state index in [4.69, 9.17) is 9.97 Å². The molecule has 144 valence electrons. The van der Waals surface area contributed by atoms with Crippen LogP contribution in [0.15, 0.2) is 104 Å². The molecule has 5 rings (SSSR count). The molecule has 0 aliphatic carbocycles. The first-order valence-corrected chi connectivity index (χ1v) is 9.98. The minimum atomic E-state index is 0.673. The zero-order chi connectivity index (χ0) is 20.5. The van der Waals surface area contributed by atoms with Crippen LogP contribution in [0.2, 0.25) is 0 Å². The molecule has 0 aliphatic heterocycles. The summed E-state index contributed by atoms with van der Waals surface area (Å²) in [4.78, 5) is 9.90. The summed E-state index contributed by atoms with van der Waals surface area (Å²) in [5, 5.41) is 0. The van der Waals surface area contributed by atoms with E-state index >= 15 is 0 Å². The van der Waals surface area contributed by atoms with Gasteiger partial charge in [-0.05, 0) is 24.1 Å². The summed E-state index contributed by atoms with van der Waals surface area (Å²) >= 11 is 0. The van der Waals surface area contributed by atoms with Gasteiger partial charge in [-0.2, -0.15) is 0 Å². The number of hydrogen-bond acceptors (Lipinski definition) is 2. The van der Waals surface area contributed by atoms with Gasteiger partial charge in [0.25, 0.3) is 0 Å². The van der Waals surface area contributed by atoms with Gasteiger partial charge >= 0.3 is 0 Å². The predicted octanol–water partition coefficient (Wildman–Crippen LogP) is 6.76. The molecule has 3 nitrogen and oxygen atoms in total. The molecular weight excluding hydrogens is 366 g/mol. The van der Waals surface area contributed by atoms with Gasteiger partial charge in [0.1, 0.15) is 0 Å². The molecule has 0 spiro atoms. The van der Waals surface area contributed by atoms with Gasteiger partial charge in [-0.1, -0.05) is 97.6 Å². The summed E-state index contributed by atoms with van der Waals surface area (Å²) in [5.41, 5.74) is 8.03. The first-order chi connectivity index (χ1) is 14.7. The number of rotatable bonds is 4. The lowest BCUT2D eigenvalue weighted by atomic mass is 10.1. The number of nitrogens with zero attached hydrogens (tertiary/aromatic N) is 3. The number of hydrogen-bond donors (Lipinski definition) is 0. The lowest BCUT2D eigenvalue weighted by Gasteiger charge is -2.12. The number of benzene rings is 3. The van der Waals surface area contributed by atoms with Crippen molar-refractivity contribution < 1.29 is 0 Å². The second-order valence-electron chi connectivity index (χ2n) is 7.35. The minimum absolute atomic E-state index is 0.673. The van der Waals surface area contributed by atoms with Crippen LogP contribution < -0.4 is 0 Å². The Balaban J connectivity index is 1.89. The van der Waals surface area contributed by atoms with Crippen LogP contribution in [0.3, 0.4) is 0 Å². The summed E-state index contributed by atoms with van der Waals surface area (Å²) in [5.74, 6) is 0.673. The third-order valence-electron chi connectivity index (χ3n) is 5.19. The van der Waals surface area contributed by atoms with Crippen molar-refractivity contribution in [2.24, 2.45) is 0 Å². The Labute approximate surface area is 176 Å². The summed E-state index contributed by atoms with van der Waals surface area (Å²) in [6.07, 6.45) is 0. The molecule has 30 heavy (non-hydrogen) atoms. The Morgan fingerprint density at radius 1 is 0.700 bits per heavy atom. The molecule has 2 heterocycles. The van der Waals surface area contributed by atoms with Gasteiger partial charge in [-0.15, -0.1) is 0 Å². The van der Waals surface area contributed by atoms with E-state index < -0.39 is 0 Å².